The highest BCUT2D eigenvalue weighted by Gasteiger charge is 2.20. The number of likely N-dealkylation sites (N-methyl/N-ethyl adjacent to an activating group) is 1. The Labute approximate surface area is 187 Å². The monoisotopic (exact) mass is 446 g/mol. The third-order valence-electron chi connectivity index (χ3n) is 4.50. The number of thioether (sulfide) groups is 1. The first kappa shape index (κ1) is 22.7. The predicted molar refractivity (Wildman–Crippen MR) is 127 cm³/mol. The number of nitrogens with zero attached hydrogens (tertiary/aromatic N) is 3. The maximum Gasteiger partial charge on any atom is 0.320 e. The number of hydrogen-bond donors (Lipinski definition) is 1. The summed E-state index contributed by atoms with van der Waals surface area (Å²) < 4.78 is 5.41. The molecule has 1 aromatic carbocycles. The van der Waals surface area contributed by atoms with Crippen molar-refractivity contribution in [1.29, 1.82) is 0 Å². The SMILES string of the molecule is CN(CCN1CCSc2cc(N=C(N)c3cccs3)ccc21)CC(=O)OC(C)(C)C. The van der Waals surface area contributed by atoms with Crippen LogP contribution in [0.15, 0.2) is 45.6 Å². The van der Waals surface area contributed by atoms with Crippen LogP contribution in [0.5, 0.6) is 0 Å². The van der Waals surface area contributed by atoms with Crippen LogP contribution < -0.4 is 10.6 Å². The smallest absolute Gasteiger partial charge is 0.320 e. The minimum atomic E-state index is -0.450. The van der Waals surface area contributed by atoms with Gasteiger partial charge >= 0.3 is 5.97 Å². The molecule has 2 N–H and O–H groups in total. The predicted octanol–water partition coefficient (Wildman–Crippen LogP) is 3.97. The summed E-state index contributed by atoms with van der Waals surface area (Å²) in [5.41, 5.74) is 7.77. The molecule has 0 saturated carbocycles. The van der Waals surface area contributed by atoms with Crippen molar-refractivity contribution in [2.75, 3.05) is 43.9 Å². The Kier molecular flexibility index (Phi) is 7.44. The molecule has 6 nitrogen and oxygen atoms in total. The lowest BCUT2D eigenvalue weighted by atomic mass is 10.2. The molecular weight excluding hydrogens is 416 g/mol. The number of esters is 1. The van der Waals surface area contributed by atoms with Gasteiger partial charge in [-0.1, -0.05) is 6.07 Å². The van der Waals surface area contributed by atoms with Crippen LogP contribution in [0.2, 0.25) is 0 Å². The summed E-state index contributed by atoms with van der Waals surface area (Å²) in [4.78, 5) is 23.2. The van der Waals surface area contributed by atoms with Gasteiger partial charge in [-0.2, -0.15) is 0 Å². The number of hydrogen-bond acceptors (Lipinski definition) is 7. The lowest BCUT2D eigenvalue weighted by molar-refractivity contribution is -0.155. The molecule has 0 saturated heterocycles. The fourth-order valence-corrected chi connectivity index (χ4v) is 4.86. The normalized spacial score (nSPS) is 14.7. The lowest BCUT2D eigenvalue weighted by Gasteiger charge is -2.32. The van der Waals surface area contributed by atoms with Crippen LogP contribution in [-0.4, -0.2) is 61.3 Å². The van der Waals surface area contributed by atoms with Crippen molar-refractivity contribution in [2.24, 2.45) is 10.7 Å². The highest BCUT2D eigenvalue weighted by atomic mass is 32.2. The fourth-order valence-electron chi connectivity index (χ4n) is 3.15. The van der Waals surface area contributed by atoms with Crippen LogP contribution in [0.1, 0.15) is 25.6 Å². The van der Waals surface area contributed by atoms with Gasteiger partial charge in [0, 0.05) is 30.3 Å². The third-order valence-corrected chi connectivity index (χ3v) is 6.41. The maximum absolute atomic E-state index is 12.0. The second-order valence-corrected chi connectivity index (χ2v) is 10.4. The van der Waals surface area contributed by atoms with Crippen LogP contribution in [0, 0.1) is 0 Å². The molecule has 0 bridgehead atoms. The van der Waals surface area contributed by atoms with Gasteiger partial charge < -0.3 is 15.4 Å². The van der Waals surface area contributed by atoms with E-state index in [1.807, 2.05) is 68.1 Å². The number of amidine groups is 1. The Morgan fingerprint density at radius 3 is 2.83 bits per heavy atom. The zero-order valence-electron chi connectivity index (χ0n) is 18.1. The quantitative estimate of drug-likeness (QED) is 0.394. The Hall–Kier alpha value is -2.03. The van der Waals surface area contributed by atoms with Gasteiger partial charge in [-0.05, 0) is 57.5 Å². The minimum absolute atomic E-state index is 0.189. The third kappa shape index (κ3) is 6.48. The Balaban J connectivity index is 1.61. The zero-order valence-corrected chi connectivity index (χ0v) is 19.7. The number of nitrogens with two attached hydrogens (primary N) is 1. The van der Waals surface area contributed by atoms with Gasteiger partial charge in [-0.15, -0.1) is 23.1 Å². The highest BCUT2D eigenvalue weighted by Crippen LogP contribution is 2.37. The average molecular weight is 447 g/mol. The molecule has 0 atom stereocenters. The van der Waals surface area contributed by atoms with Crippen molar-refractivity contribution in [3.63, 3.8) is 0 Å². The second kappa shape index (κ2) is 9.85. The van der Waals surface area contributed by atoms with Gasteiger partial charge in [-0.25, -0.2) is 4.99 Å². The van der Waals surface area contributed by atoms with Crippen molar-refractivity contribution in [3.05, 3.63) is 40.6 Å². The van der Waals surface area contributed by atoms with Gasteiger partial charge in [-0.3, -0.25) is 9.69 Å². The first-order valence-electron chi connectivity index (χ1n) is 10.0. The van der Waals surface area contributed by atoms with E-state index in [9.17, 15) is 4.79 Å². The molecule has 0 unspecified atom stereocenters. The highest BCUT2D eigenvalue weighted by molar-refractivity contribution is 7.99. The molecule has 0 radical (unpaired) electrons. The number of carbonyl (C=O) groups excluding carboxylic acids is 1. The molecule has 1 aliphatic heterocycles. The van der Waals surface area contributed by atoms with E-state index in [0.717, 1.165) is 36.0 Å². The summed E-state index contributed by atoms with van der Waals surface area (Å²) in [7, 11) is 1.95. The van der Waals surface area contributed by atoms with E-state index in [0.29, 0.717) is 12.4 Å². The number of ether oxygens (including phenoxy) is 1. The molecule has 2 aromatic rings. The van der Waals surface area contributed by atoms with E-state index >= 15 is 0 Å². The molecule has 0 spiro atoms. The van der Waals surface area contributed by atoms with E-state index in [4.69, 9.17) is 10.5 Å². The fraction of sp³-hybridized carbons (Fsp3) is 0.455. The molecule has 1 aliphatic rings. The van der Waals surface area contributed by atoms with Crippen molar-refractivity contribution in [1.82, 2.24) is 4.90 Å². The van der Waals surface area contributed by atoms with Gasteiger partial charge in [0.2, 0.25) is 0 Å². The molecule has 30 heavy (non-hydrogen) atoms. The number of benzene rings is 1. The van der Waals surface area contributed by atoms with Gasteiger partial charge in [0.05, 0.1) is 22.8 Å². The number of fused-ring (bicyclic) bond motifs is 1. The van der Waals surface area contributed by atoms with E-state index in [2.05, 4.69) is 22.0 Å². The molecule has 0 aliphatic carbocycles. The molecule has 0 amide bonds. The van der Waals surface area contributed by atoms with E-state index in [-0.39, 0.29) is 5.97 Å². The van der Waals surface area contributed by atoms with Crippen molar-refractivity contribution in [3.8, 4) is 0 Å². The number of carbonyl (C=O) groups is 1. The van der Waals surface area contributed by atoms with E-state index < -0.39 is 5.60 Å². The molecule has 162 valence electrons. The second-order valence-electron chi connectivity index (χ2n) is 8.29. The van der Waals surface area contributed by atoms with E-state index in [1.165, 1.54) is 10.6 Å². The van der Waals surface area contributed by atoms with Gasteiger partial charge in [0.15, 0.2) is 0 Å². The van der Waals surface area contributed by atoms with Crippen molar-refractivity contribution < 1.29 is 9.53 Å². The molecular formula is C22H30N4O2S2. The lowest BCUT2D eigenvalue weighted by Crippen LogP contribution is -2.39. The van der Waals surface area contributed by atoms with Crippen LogP contribution >= 0.6 is 23.1 Å². The number of aliphatic imine (C=N–C) groups is 1. The topological polar surface area (TPSA) is 71.2 Å². The molecule has 2 heterocycles. The summed E-state index contributed by atoms with van der Waals surface area (Å²) in [6.07, 6.45) is 0. The van der Waals surface area contributed by atoms with Gasteiger partial charge in [0.1, 0.15) is 11.4 Å². The number of anilines is 1. The largest absolute Gasteiger partial charge is 0.459 e. The van der Waals surface area contributed by atoms with Crippen molar-refractivity contribution in [2.45, 2.75) is 31.3 Å². The minimum Gasteiger partial charge on any atom is -0.459 e. The average Bonchev–Trinajstić information content (AvgIpc) is 3.19. The number of rotatable bonds is 7. The van der Waals surface area contributed by atoms with Gasteiger partial charge in [0.25, 0.3) is 0 Å². The van der Waals surface area contributed by atoms with Crippen LogP contribution in [0.4, 0.5) is 11.4 Å². The summed E-state index contributed by atoms with van der Waals surface area (Å²) >= 11 is 3.43. The molecule has 0 fully saturated rings. The summed E-state index contributed by atoms with van der Waals surface area (Å²) in [5, 5.41) is 2.00. The Morgan fingerprint density at radius 2 is 2.13 bits per heavy atom. The summed E-state index contributed by atoms with van der Waals surface area (Å²) in [6.45, 7) is 8.58. The van der Waals surface area contributed by atoms with Crippen LogP contribution in [0.25, 0.3) is 0 Å². The van der Waals surface area contributed by atoms with Crippen LogP contribution in [-0.2, 0) is 9.53 Å². The standard InChI is InChI=1S/C22H30N4O2S2/c1-22(2,3)28-20(27)15-25(4)9-10-26-11-13-30-19-14-16(7-8-17(19)26)24-21(23)18-6-5-12-29-18/h5-8,12,14H,9-11,13,15H2,1-4H3,(H2,23,24). The molecule has 8 heteroatoms. The van der Waals surface area contributed by atoms with Crippen molar-refractivity contribution >= 4 is 46.3 Å². The maximum atomic E-state index is 12.0. The molecule has 1 aromatic heterocycles. The first-order valence-corrected chi connectivity index (χ1v) is 11.9. The van der Waals surface area contributed by atoms with Crippen LogP contribution in [0.3, 0.4) is 0 Å². The summed E-state index contributed by atoms with van der Waals surface area (Å²) in [6, 6.07) is 10.2. The summed E-state index contributed by atoms with van der Waals surface area (Å²) in [5.74, 6) is 1.38. The number of thiophene rings is 1. The zero-order chi connectivity index (χ0) is 21.7. The molecule has 3 rings (SSSR count). The first-order chi connectivity index (χ1) is 14.2. The Morgan fingerprint density at radius 1 is 1.33 bits per heavy atom. The van der Waals surface area contributed by atoms with E-state index in [1.54, 1.807) is 11.3 Å². The Bertz CT molecular complexity index is 891.